The molecule has 0 saturated carbocycles. The van der Waals surface area contributed by atoms with Gasteiger partial charge in [-0.25, -0.2) is 4.99 Å². The van der Waals surface area contributed by atoms with Crippen LogP contribution >= 0.6 is 11.3 Å². The summed E-state index contributed by atoms with van der Waals surface area (Å²) in [7, 11) is 0. The molecule has 29 heavy (non-hydrogen) atoms. The van der Waals surface area contributed by atoms with Gasteiger partial charge in [0, 0.05) is 22.5 Å². The van der Waals surface area contributed by atoms with Crippen molar-refractivity contribution in [1.82, 2.24) is 4.57 Å². The second kappa shape index (κ2) is 6.52. The molecule has 3 aromatic rings. The zero-order chi connectivity index (χ0) is 20.1. The maximum atomic E-state index is 13.1. The van der Waals surface area contributed by atoms with Crippen LogP contribution in [0.4, 0.5) is 11.4 Å². The van der Waals surface area contributed by atoms with Crippen molar-refractivity contribution in [3.63, 3.8) is 0 Å². The largest absolute Gasteiger partial charge is 0.334 e. The highest BCUT2D eigenvalue weighted by atomic mass is 32.1. The summed E-state index contributed by atoms with van der Waals surface area (Å²) in [5.41, 5.74) is 3.05. The highest BCUT2D eigenvalue weighted by Crippen LogP contribution is 2.29. The van der Waals surface area contributed by atoms with Gasteiger partial charge in [-0.2, -0.15) is 0 Å². The number of nitrogens with one attached hydrogen (secondary N) is 1. The molecule has 144 valence electrons. The van der Waals surface area contributed by atoms with E-state index in [1.54, 1.807) is 16.7 Å². The summed E-state index contributed by atoms with van der Waals surface area (Å²) in [4.78, 5) is 44.4. The first-order valence-corrected chi connectivity index (χ1v) is 9.90. The number of aromatic nitrogens is 1. The molecule has 1 amide bonds. The Hall–Kier alpha value is -3.52. The van der Waals surface area contributed by atoms with Gasteiger partial charge in [-0.15, -0.1) is 0 Å². The van der Waals surface area contributed by atoms with Crippen LogP contribution in [0.25, 0.3) is 5.57 Å². The monoisotopic (exact) mass is 404 g/mol. The van der Waals surface area contributed by atoms with Gasteiger partial charge in [-0.3, -0.25) is 19.0 Å². The van der Waals surface area contributed by atoms with Crippen molar-refractivity contribution in [2.75, 3.05) is 16.9 Å². The van der Waals surface area contributed by atoms with Crippen LogP contribution in [0, 0.1) is 0 Å². The molecule has 5 rings (SSSR count). The fraction of sp³-hybridized carbons (Fsp3) is 0.143. The summed E-state index contributed by atoms with van der Waals surface area (Å²) in [5.74, 6) is -0.285. The van der Waals surface area contributed by atoms with Crippen molar-refractivity contribution in [1.29, 1.82) is 0 Å². The first kappa shape index (κ1) is 17.6. The highest BCUT2D eigenvalue weighted by Gasteiger charge is 2.27. The smallest absolute Gasteiger partial charge is 0.272 e. The quantitative estimate of drug-likeness (QED) is 0.653. The summed E-state index contributed by atoms with van der Waals surface area (Å²) in [5, 5.41) is 2.81. The number of hydrogen-bond donors (Lipinski definition) is 1. The molecule has 0 atom stereocenters. The first-order valence-electron chi connectivity index (χ1n) is 9.08. The lowest BCUT2D eigenvalue weighted by Gasteiger charge is -2.25. The average Bonchev–Trinajstić information content (AvgIpc) is 3.23. The van der Waals surface area contributed by atoms with E-state index < -0.39 is 0 Å². The lowest BCUT2D eigenvalue weighted by Crippen LogP contribution is -2.43. The molecule has 0 unspecified atom stereocenters. The molecule has 0 spiro atoms. The SMILES string of the molecule is CC(=O)c1cccc(N2CN=c3s/c(=C4/C(=O)Nc5ccccc54)c(=O)n3C2)c1. The van der Waals surface area contributed by atoms with Crippen molar-refractivity contribution < 1.29 is 9.59 Å². The Labute approximate surface area is 169 Å². The first-order chi connectivity index (χ1) is 14.0. The third kappa shape index (κ3) is 2.80. The predicted octanol–water partition coefficient (Wildman–Crippen LogP) is 1.32. The molecule has 0 aliphatic carbocycles. The number of para-hydroxylation sites is 1. The molecule has 3 heterocycles. The Balaban J connectivity index is 1.61. The highest BCUT2D eigenvalue weighted by molar-refractivity contribution is 7.07. The molecule has 0 radical (unpaired) electrons. The standard InChI is InChI=1S/C21H16N4O3S/c1-12(26)13-5-4-6-14(9-13)24-10-22-21-25(11-24)20(28)18(29-21)17-15-7-2-3-8-16(15)23-19(17)27/h2-9H,10-11H2,1H3,(H,23,27)/b18-17+. The van der Waals surface area contributed by atoms with Crippen LogP contribution in [-0.4, -0.2) is 22.9 Å². The zero-order valence-corrected chi connectivity index (χ0v) is 16.3. The van der Waals surface area contributed by atoms with Crippen LogP contribution < -0.4 is 25.1 Å². The normalized spacial score (nSPS) is 16.7. The van der Waals surface area contributed by atoms with Crippen molar-refractivity contribution in [3.05, 3.63) is 79.3 Å². The third-order valence-electron chi connectivity index (χ3n) is 5.07. The summed E-state index contributed by atoms with van der Waals surface area (Å²) in [6, 6.07) is 14.6. The number of nitrogens with zero attached hydrogens (tertiary/aromatic N) is 3. The second-order valence-corrected chi connectivity index (χ2v) is 7.89. The predicted molar refractivity (Wildman–Crippen MR) is 111 cm³/mol. The number of anilines is 2. The molecule has 2 aliphatic rings. The number of fused-ring (bicyclic) bond motifs is 2. The van der Waals surface area contributed by atoms with Crippen LogP contribution in [0.3, 0.4) is 0 Å². The molecule has 0 saturated heterocycles. The lowest BCUT2D eigenvalue weighted by molar-refractivity contribution is -0.110. The molecular weight excluding hydrogens is 388 g/mol. The van der Waals surface area contributed by atoms with Gasteiger partial charge in [0.2, 0.25) is 0 Å². The fourth-order valence-electron chi connectivity index (χ4n) is 3.59. The van der Waals surface area contributed by atoms with Gasteiger partial charge >= 0.3 is 0 Å². The van der Waals surface area contributed by atoms with Gasteiger partial charge in [0.1, 0.15) is 17.9 Å². The lowest BCUT2D eigenvalue weighted by atomic mass is 10.1. The van der Waals surface area contributed by atoms with Crippen molar-refractivity contribution in [2.45, 2.75) is 13.6 Å². The van der Waals surface area contributed by atoms with E-state index in [4.69, 9.17) is 0 Å². The maximum absolute atomic E-state index is 13.1. The van der Waals surface area contributed by atoms with Crippen LogP contribution in [-0.2, 0) is 11.5 Å². The molecule has 0 bridgehead atoms. The Morgan fingerprint density at radius 2 is 1.97 bits per heavy atom. The van der Waals surface area contributed by atoms with Gasteiger partial charge in [-0.1, -0.05) is 41.7 Å². The minimum absolute atomic E-state index is 0.0150. The summed E-state index contributed by atoms with van der Waals surface area (Å²) in [6.07, 6.45) is 0. The van der Waals surface area contributed by atoms with Crippen LogP contribution in [0.5, 0.6) is 0 Å². The summed E-state index contributed by atoms with van der Waals surface area (Å²) in [6.45, 7) is 2.21. The van der Waals surface area contributed by atoms with Crippen LogP contribution in [0.2, 0.25) is 0 Å². The molecule has 1 aromatic heterocycles. The topological polar surface area (TPSA) is 83.8 Å². The van der Waals surface area contributed by atoms with E-state index in [1.807, 2.05) is 41.3 Å². The van der Waals surface area contributed by atoms with E-state index in [0.717, 1.165) is 11.3 Å². The Kier molecular flexibility index (Phi) is 3.95. The molecular formula is C21H16N4O3S. The molecule has 2 aliphatic heterocycles. The molecule has 0 fully saturated rings. The number of amides is 1. The summed E-state index contributed by atoms with van der Waals surface area (Å²) >= 11 is 1.24. The number of thiazole rings is 1. The van der Waals surface area contributed by atoms with Crippen LogP contribution in [0.15, 0.2) is 58.3 Å². The number of rotatable bonds is 2. The number of ketones is 1. The third-order valence-corrected chi connectivity index (χ3v) is 6.18. The number of Topliss-reactive ketones (excluding diaryl/α,β-unsaturated/α-hetero) is 1. The van der Waals surface area contributed by atoms with Gasteiger partial charge in [-0.05, 0) is 25.1 Å². The second-order valence-electron chi connectivity index (χ2n) is 6.91. The minimum Gasteiger partial charge on any atom is -0.334 e. The Bertz CT molecular complexity index is 1370. The molecule has 7 nitrogen and oxygen atoms in total. The van der Waals surface area contributed by atoms with E-state index >= 15 is 0 Å². The van der Waals surface area contributed by atoms with Crippen molar-refractivity contribution >= 4 is 40.0 Å². The van der Waals surface area contributed by atoms with Crippen LogP contribution in [0.1, 0.15) is 22.8 Å². The van der Waals surface area contributed by atoms with E-state index in [-0.39, 0.29) is 17.2 Å². The number of benzene rings is 2. The Morgan fingerprint density at radius 1 is 1.14 bits per heavy atom. The number of hydrogen-bond acceptors (Lipinski definition) is 6. The van der Waals surface area contributed by atoms with E-state index in [1.165, 1.54) is 18.3 Å². The van der Waals surface area contributed by atoms with Gasteiger partial charge in [0.15, 0.2) is 10.6 Å². The average molecular weight is 404 g/mol. The van der Waals surface area contributed by atoms with Crippen molar-refractivity contribution in [3.8, 4) is 0 Å². The zero-order valence-electron chi connectivity index (χ0n) is 15.5. The van der Waals surface area contributed by atoms with E-state index in [2.05, 4.69) is 10.3 Å². The van der Waals surface area contributed by atoms with E-state index in [0.29, 0.717) is 39.5 Å². The molecule has 8 heteroatoms. The number of carbonyl (C=O) groups is 2. The van der Waals surface area contributed by atoms with Crippen molar-refractivity contribution in [2.24, 2.45) is 4.99 Å². The van der Waals surface area contributed by atoms with Gasteiger partial charge < -0.3 is 10.2 Å². The number of carbonyl (C=O) groups excluding carboxylic acids is 2. The molecule has 1 N–H and O–H groups in total. The van der Waals surface area contributed by atoms with Gasteiger partial charge in [0.25, 0.3) is 11.5 Å². The fourth-order valence-corrected chi connectivity index (χ4v) is 4.65. The Morgan fingerprint density at radius 3 is 2.79 bits per heavy atom. The molecule has 2 aromatic carbocycles. The summed E-state index contributed by atoms with van der Waals surface area (Å²) < 4.78 is 1.97. The minimum atomic E-state index is -0.270. The maximum Gasteiger partial charge on any atom is 0.272 e. The van der Waals surface area contributed by atoms with Gasteiger partial charge in [0.05, 0.1) is 5.57 Å². The van der Waals surface area contributed by atoms with E-state index in [9.17, 15) is 14.4 Å².